The molecule has 0 fully saturated rings. The van der Waals surface area contributed by atoms with Crippen molar-refractivity contribution in [3.05, 3.63) is 51.0 Å². The fourth-order valence-corrected chi connectivity index (χ4v) is 2.50. The van der Waals surface area contributed by atoms with E-state index in [1.165, 1.54) is 23.5 Å². The van der Waals surface area contributed by atoms with Crippen LogP contribution in [0.15, 0.2) is 18.2 Å². The normalized spacial score (nSPS) is 10.7. The van der Waals surface area contributed by atoms with Crippen LogP contribution in [0.5, 0.6) is 0 Å². The van der Waals surface area contributed by atoms with E-state index < -0.39 is 17.4 Å². The van der Waals surface area contributed by atoms with Crippen molar-refractivity contribution in [3.8, 4) is 0 Å². The van der Waals surface area contributed by atoms with Crippen LogP contribution in [0, 0.1) is 25.5 Å². The maximum Gasteiger partial charge on any atom is 0.172 e. The van der Waals surface area contributed by atoms with Gasteiger partial charge in [-0.3, -0.25) is 4.79 Å². The van der Waals surface area contributed by atoms with Gasteiger partial charge in [-0.15, -0.1) is 11.3 Å². The number of aromatic nitrogens is 1. The molecule has 18 heavy (non-hydrogen) atoms. The third-order valence-corrected chi connectivity index (χ3v) is 3.71. The van der Waals surface area contributed by atoms with E-state index in [0.29, 0.717) is 5.01 Å². The summed E-state index contributed by atoms with van der Waals surface area (Å²) in [5, 5.41) is 0.624. The second-order valence-corrected chi connectivity index (χ2v) is 5.24. The van der Waals surface area contributed by atoms with Crippen LogP contribution < -0.4 is 0 Å². The second kappa shape index (κ2) is 4.94. The monoisotopic (exact) mass is 267 g/mol. The quantitative estimate of drug-likeness (QED) is 0.797. The van der Waals surface area contributed by atoms with E-state index in [9.17, 15) is 13.6 Å². The van der Waals surface area contributed by atoms with Gasteiger partial charge in [-0.05, 0) is 26.0 Å². The molecule has 0 aliphatic carbocycles. The molecule has 1 aromatic heterocycles. The number of hydrogen-bond acceptors (Lipinski definition) is 3. The Morgan fingerprint density at radius 3 is 2.67 bits per heavy atom. The predicted octanol–water partition coefficient (Wildman–Crippen LogP) is 3.46. The summed E-state index contributed by atoms with van der Waals surface area (Å²) in [5.74, 6) is -2.56. The molecule has 0 saturated heterocycles. The number of carbonyl (C=O) groups is 1. The van der Waals surface area contributed by atoms with Crippen molar-refractivity contribution in [1.82, 2.24) is 4.98 Å². The van der Waals surface area contributed by atoms with Crippen LogP contribution in [0.2, 0.25) is 0 Å². The highest BCUT2D eigenvalue weighted by Crippen LogP contribution is 2.19. The Labute approximate surface area is 107 Å². The summed E-state index contributed by atoms with van der Waals surface area (Å²) >= 11 is 1.40. The van der Waals surface area contributed by atoms with Gasteiger partial charge in [-0.2, -0.15) is 0 Å². The number of carbonyl (C=O) groups excluding carboxylic acids is 1. The van der Waals surface area contributed by atoms with E-state index in [-0.39, 0.29) is 12.0 Å². The highest BCUT2D eigenvalue weighted by atomic mass is 32.1. The molecule has 94 valence electrons. The summed E-state index contributed by atoms with van der Waals surface area (Å²) in [4.78, 5) is 17.1. The van der Waals surface area contributed by atoms with Crippen LogP contribution in [-0.4, -0.2) is 10.8 Å². The van der Waals surface area contributed by atoms with Crippen molar-refractivity contribution in [2.45, 2.75) is 20.3 Å². The lowest BCUT2D eigenvalue weighted by Crippen LogP contribution is -2.07. The number of hydrogen-bond donors (Lipinski definition) is 0. The maximum atomic E-state index is 13.4. The number of benzene rings is 1. The van der Waals surface area contributed by atoms with E-state index in [1.807, 2.05) is 13.8 Å². The first-order valence-electron chi connectivity index (χ1n) is 5.39. The molecule has 1 aromatic carbocycles. The zero-order valence-corrected chi connectivity index (χ0v) is 10.8. The zero-order valence-electron chi connectivity index (χ0n) is 9.96. The van der Waals surface area contributed by atoms with Crippen molar-refractivity contribution in [3.63, 3.8) is 0 Å². The largest absolute Gasteiger partial charge is 0.294 e. The van der Waals surface area contributed by atoms with Gasteiger partial charge in [0.1, 0.15) is 5.01 Å². The molecule has 1 heterocycles. The number of ketones is 1. The van der Waals surface area contributed by atoms with Gasteiger partial charge in [-0.1, -0.05) is 6.07 Å². The van der Waals surface area contributed by atoms with Gasteiger partial charge in [-0.25, -0.2) is 13.8 Å². The van der Waals surface area contributed by atoms with Gasteiger partial charge in [0.15, 0.2) is 17.4 Å². The second-order valence-electron chi connectivity index (χ2n) is 3.95. The molecule has 0 spiro atoms. The van der Waals surface area contributed by atoms with Crippen LogP contribution in [0.1, 0.15) is 25.9 Å². The first-order chi connectivity index (χ1) is 8.49. The summed E-state index contributed by atoms with van der Waals surface area (Å²) in [6, 6.07) is 3.60. The summed E-state index contributed by atoms with van der Waals surface area (Å²) in [6.45, 7) is 3.76. The standard InChI is InChI=1S/C13H11F2NOS/c1-7-8(2)18-12(16-7)6-11(17)9-4-3-5-10(14)13(9)15/h3-5H,6H2,1-2H3. The van der Waals surface area contributed by atoms with E-state index >= 15 is 0 Å². The number of halogens is 2. The Morgan fingerprint density at radius 1 is 1.33 bits per heavy atom. The topological polar surface area (TPSA) is 30.0 Å². The molecular formula is C13H11F2NOS. The van der Waals surface area contributed by atoms with Gasteiger partial charge >= 0.3 is 0 Å². The zero-order chi connectivity index (χ0) is 13.3. The average molecular weight is 267 g/mol. The molecule has 5 heteroatoms. The SMILES string of the molecule is Cc1nc(CC(=O)c2cccc(F)c2F)sc1C. The highest BCUT2D eigenvalue weighted by Gasteiger charge is 2.17. The smallest absolute Gasteiger partial charge is 0.172 e. The Balaban J connectivity index is 2.24. The molecule has 0 amide bonds. The molecule has 0 bridgehead atoms. The molecule has 0 N–H and O–H groups in total. The van der Waals surface area contributed by atoms with Gasteiger partial charge < -0.3 is 0 Å². The first kappa shape index (κ1) is 12.8. The third-order valence-electron chi connectivity index (χ3n) is 2.64. The molecule has 2 rings (SSSR count). The number of rotatable bonds is 3. The molecule has 0 radical (unpaired) electrons. The van der Waals surface area contributed by atoms with E-state index in [1.54, 1.807) is 0 Å². The van der Waals surface area contributed by atoms with E-state index in [0.717, 1.165) is 16.6 Å². The lowest BCUT2D eigenvalue weighted by atomic mass is 10.1. The van der Waals surface area contributed by atoms with Gasteiger partial charge in [0.05, 0.1) is 17.7 Å². The number of aryl methyl sites for hydroxylation is 2. The third kappa shape index (κ3) is 2.46. The maximum absolute atomic E-state index is 13.4. The van der Waals surface area contributed by atoms with Crippen molar-refractivity contribution in [2.75, 3.05) is 0 Å². The Kier molecular flexibility index (Phi) is 3.52. The minimum absolute atomic E-state index is 0.000278. The molecule has 0 atom stereocenters. The molecule has 0 aliphatic heterocycles. The first-order valence-corrected chi connectivity index (χ1v) is 6.21. The van der Waals surface area contributed by atoms with Crippen LogP contribution in [0.25, 0.3) is 0 Å². The Morgan fingerprint density at radius 2 is 2.06 bits per heavy atom. The number of thiazole rings is 1. The van der Waals surface area contributed by atoms with Crippen molar-refractivity contribution in [2.24, 2.45) is 0 Å². The van der Waals surface area contributed by atoms with Gasteiger partial charge in [0, 0.05) is 4.88 Å². The van der Waals surface area contributed by atoms with Crippen molar-refractivity contribution < 1.29 is 13.6 Å². The molecule has 0 unspecified atom stereocenters. The average Bonchev–Trinajstić information content (AvgIpc) is 2.61. The Bertz CT molecular complexity index is 588. The van der Waals surface area contributed by atoms with Gasteiger partial charge in [0.25, 0.3) is 0 Å². The minimum Gasteiger partial charge on any atom is -0.294 e. The predicted molar refractivity (Wildman–Crippen MR) is 66.0 cm³/mol. The van der Waals surface area contributed by atoms with Crippen molar-refractivity contribution in [1.29, 1.82) is 0 Å². The van der Waals surface area contributed by atoms with E-state index in [2.05, 4.69) is 4.98 Å². The Hall–Kier alpha value is -1.62. The van der Waals surface area contributed by atoms with Gasteiger partial charge in [0.2, 0.25) is 0 Å². The summed E-state index contributed by atoms with van der Waals surface area (Å²) in [7, 11) is 0. The number of nitrogens with zero attached hydrogens (tertiary/aromatic N) is 1. The molecule has 2 aromatic rings. The summed E-state index contributed by atoms with van der Waals surface area (Å²) < 4.78 is 26.4. The molecular weight excluding hydrogens is 256 g/mol. The lowest BCUT2D eigenvalue weighted by Gasteiger charge is -2.01. The minimum atomic E-state index is -1.09. The van der Waals surface area contributed by atoms with Crippen LogP contribution in [-0.2, 0) is 6.42 Å². The van der Waals surface area contributed by atoms with E-state index in [4.69, 9.17) is 0 Å². The van der Waals surface area contributed by atoms with Crippen LogP contribution in [0.3, 0.4) is 0 Å². The summed E-state index contributed by atoms with van der Waals surface area (Å²) in [5.41, 5.74) is 0.642. The molecule has 0 saturated carbocycles. The fourth-order valence-electron chi connectivity index (χ4n) is 1.57. The number of Topliss-reactive ketones (excluding diaryl/α,β-unsaturated/α-hetero) is 1. The summed E-state index contributed by atoms with van der Waals surface area (Å²) in [6.07, 6.45) is -0.000278. The van der Waals surface area contributed by atoms with Crippen LogP contribution >= 0.6 is 11.3 Å². The molecule has 2 nitrogen and oxygen atoms in total. The van der Waals surface area contributed by atoms with Crippen LogP contribution in [0.4, 0.5) is 8.78 Å². The fraction of sp³-hybridized carbons (Fsp3) is 0.231. The molecule has 0 aliphatic rings. The van der Waals surface area contributed by atoms with Crippen molar-refractivity contribution >= 4 is 17.1 Å². The highest BCUT2D eigenvalue weighted by molar-refractivity contribution is 7.11. The lowest BCUT2D eigenvalue weighted by molar-refractivity contribution is 0.0988.